The molecule has 0 N–H and O–H groups in total. The smallest absolute Gasteiger partial charge is 0.200 e. The topological polar surface area (TPSA) is 26.3 Å². The highest BCUT2D eigenvalue weighted by Crippen LogP contribution is 2.48. The summed E-state index contributed by atoms with van der Waals surface area (Å²) in [5.41, 5.74) is 1.91. The molecule has 0 saturated heterocycles. The Morgan fingerprint density at radius 2 is 1.55 bits per heavy atom. The van der Waals surface area contributed by atoms with Crippen molar-refractivity contribution in [3.05, 3.63) is 0 Å². The van der Waals surface area contributed by atoms with Crippen molar-refractivity contribution in [1.29, 1.82) is 0 Å². The largest absolute Gasteiger partial charge is 0.413 e. The van der Waals surface area contributed by atoms with E-state index in [1.54, 1.807) is 0 Å². The molecule has 0 heterocycles. The summed E-state index contributed by atoms with van der Waals surface area (Å²) in [6.07, 6.45) is 4.43. The number of carbonyl (C=O) groups is 1. The number of hydrogen-bond donors (Lipinski definition) is 0. The van der Waals surface area contributed by atoms with Crippen LogP contribution in [0.3, 0.4) is 0 Å². The number of carbonyl (C=O) groups excluding carboxylic acids is 1. The molecule has 0 amide bonds. The zero-order valence-electron chi connectivity index (χ0n) is 14.1. The maximum Gasteiger partial charge on any atom is 0.200 e. The molecule has 0 aromatic carbocycles. The van der Waals surface area contributed by atoms with Gasteiger partial charge in [-0.05, 0) is 41.8 Å². The van der Waals surface area contributed by atoms with E-state index in [0.29, 0.717) is 40.3 Å². The molecule has 20 heavy (non-hydrogen) atoms. The van der Waals surface area contributed by atoms with E-state index in [1.807, 2.05) is 0 Å². The number of hydrogen-bond acceptors (Lipinski definition) is 2. The molecule has 3 heteroatoms. The van der Waals surface area contributed by atoms with Crippen LogP contribution in [0.4, 0.5) is 0 Å². The first-order valence-corrected chi connectivity index (χ1v) is 10.6. The van der Waals surface area contributed by atoms with Gasteiger partial charge in [-0.15, -0.1) is 0 Å². The molecular formula is C17H32O2Si. The SMILES string of the molecule is CC(C)[Si](O[C@@H]1C[C@H]2CCC(=O)[C@H]2C1)(C(C)C)C(C)C. The van der Waals surface area contributed by atoms with E-state index in [4.69, 9.17) is 4.43 Å². The van der Waals surface area contributed by atoms with Gasteiger partial charge >= 0.3 is 0 Å². The normalized spacial score (nSPS) is 30.9. The zero-order chi connectivity index (χ0) is 15.1. The Morgan fingerprint density at radius 3 is 2.00 bits per heavy atom. The minimum atomic E-state index is -1.77. The Kier molecular flexibility index (Phi) is 4.80. The molecule has 0 bridgehead atoms. The van der Waals surface area contributed by atoms with Crippen molar-refractivity contribution >= 4 is 14.1 Å². The molecule has 2 saturated carbocycles. The van der Waals surface area contributed by atoms with Gasteiger partial charge in [-0.1, -0.05) is 41.5 Å². The first-order valence-electron chi connectivity index (χ1n) is 8.49. The molecule has 0 aromatic rings. The number of Topliss-reactive ketones (excluding diaryl/α,β-unsaturated/α-hetero) is 1. The van der Waals surface area contributed by atoms with Gasteiger partial charge in [0, 0.05) is 18.4 Å². The van der Waals surface area contributed by atoms with Gasteiger partial charge in [0.15, 0.2) is 0 Å². The average molecular weight is 297 g/mol. The van der Waals surface area contributed by atoms with Crippen LogP contribution in [0.15, 0.2) is 0 Å². The van der Waals surface area contributed by atoms with Gasteiger partial charge in [-0.3, -0.25) is 4.79 Å². The Balaban J connectivity index is 2.12. The van der Waals surface area contributed by atoms with Crippen molar-refractivity contribution in [2.24, 2.45) is 11.8 Å². The molecular weight excluding hydrogens is 264 g/mol. The first-order chi connectivity index (χ1) is 9.29. The monoisotopic (exact) mass is 296 g/mol. The van der Waals surface area contributed by atoms with E-state index in [2.05, 4.69) is 41.5 Å². The first kappa shape index (κ1) is 16.2. The maximum absolute atomic E-state index is 11.9. The Hall–Kier alpha value is -0.153. The minimum Gasteiger partial charge on any atom is -0.413 e. The van der Waals surface area contributed by atoms with E-state index >= 15 is 0 Å². The quantitative estimate of drug-likeness (QED) is 0.672. The molecule has 0 spiro atoms. The second kappa shape index (κ2) is 5.92. The molecule has 0 radical (unpaired) electrons. The Labute approximate surface area is 125 Å². The van der Waals surface area contributed by atoms with Crippen LogP contribution in [0.25, 0.3) is 0 Å². The van der Waals surface area contributed by atoms with Gasteiger partial charge in [0.25, 0.3) is 0 Å². The lowest BCUT2D eigenvalue weighted by molar-refractivity contribution is -0.121. The van der Waals surface area contributed by atoms with Crippen molar-refractivity contribution in [2.45, 2.75) is 90.0 Å². The second-order valence-electron chi connectivity index (χ2n) is 7.90. The lowest BCUT2D eigenvalue weighted by atomic mass is 10.0. The summed E-state index contributed by atoms with van der Waals surface area (Å²) >= 11 is 0. The van der Waals surface area contributed by atoms with E-state index in [1.165, 1.54) is 0 Å². The van der Waals surface area contributed by atoms with Crippen LogP contribution < -0.4 is 0 Å². The van der Waals surface area contributed by atoms with Gasteiger partial charge in [-0.2, -0.15) is 0 Å². The van der Waals surface area contributed by atoms with Crippen molar-refractivity contribution < 1.29 is 9.22 Å². The summed E-state index contributed by atoms with van der Waals surface area (Å²) in [6, 6.07) is 0. The third-order valence-corrected chi connectivity index (χ3v) is 12.1. The fourth-order valence-corrected chi connectivity index (χ4v) is 10.7. The standard InChI is InChI=1S/C17H32O2Si/c1-11(2)20(12(3)4,13(5)6)19-15-9-14-7-8-17(18)16(14)10-15/h11-16H,7-10H2,1-6H3/t14-,15-,16+/m1/s1. The molecule has 3 atom stereocenters. The number of fused-ring (bicyclic) bond motifs is 1. The molecule has 0 aromatic heterocycles. The maximum atomic E-state index is 11.9. The van der Waals surface area contributed by atoms with Crippen LogP contribution in [0.5, 0.6) is 0 Å². The molecule has 116 valence electrons. The van der Waals surface area contributed by atoms with Gasteiger partial charge < -0.3 is 4.43 Å². The average Bonchev–Trinajstić information content (AvgIpc) is 2.87. The summed E-state index contributed by atoms with van der Waals surface area (Å²) in [6.45, 7) is 14.0. The second-order valence-corrected chi connectivity index (χ2v) is 13.3. The van der Waals surface area contributed by atoms with Crippen molar-refractivity contribution in [3.8, 4) is 0 Å². The Morgan fingerprint density at radius 1 is 1.00 bits per heavy atom. The third-order valence-electron chi connectivity index (χ3n) is 5.90. The van der Waals surface area contributed by atoms with Crippen LogP contribution in [0, 0.1) is 11.8 Å². The van der Waals surface area contributed by atoms with Gasteiger partial charge in [0.1, 0.15) is 5.78 Å². The molecule has 0 unspecified atom stereocenters. The number of rotatable bonds is 5. The van der Waals surface area contributed by atoms with Crippen LogP contribution in [0.1, 0.15) is 67.2 Å². The predicted octanol–water partition coefficient (Wildman–Crippen LogP) is 4.94. The van der Waals surface area contributed by atoms with E-state index in [0.717, 1.165) is 25.7 Å². The van der Waals surface area contributed by atoms with Gasteiger partial charge in [-0.25, -0.2) is 0 Å². The van der Waals surface area contributed by atoms with Gasteiger partial charge in [0.05, 0.1) is 0 Å². The van der Waals surface area contributed by atoms with E-state index in [-0.39, 0.29) is 0 Å². The summed E-state index contributed by atoms with van der Waals surface area (Å²) in [4.78, 5) is 11.9. The highest BCUT2D eigenvalue weighted by atomic mass is 28.4. The third kappa shape index (κ3) is 2.63. The number of ketones is 1. The lowest BCUT2D eigenvalue weighted by Crippen LogP contribution is -2.50. The highest BCUT2D eigenvalue weighted by molar-refractivity contribution is 6.77. The van der Waals surface area contributed by atoms with E-state index < -0.39 is 8.32 Å². The summed E-state index contributed by atoms with van der Waals surface area (Å²) < 4.78 is 6.85. The molecule has 2 rings (SSSR count). The highest BCUT2D eigenvalue weighted by Gasteiger charge is 2.50. The fraction of sp³-hybridized carbons (Fsp3) is 0.941. The summed E-state index contributed by atoms with van der Waals surface area (Å²) in [7, 11) is -1.77. The van der Waals surface area contributed by atoms with Crippen molar-refractivity contribution in [3.63, 3.8) is 0 Å². The fourth-order valence-electron chi connectivity index (χ4n) is 5.09. The van der Waals surface area contributed by atoms with E-state index in [9.17, 15) is 4.79 Å². The molecule has 0 aliphatic heterocycles. The van der Waals surface area contributed by atoms with Crippen molar-refractivity contribution in [1.82, 2.24) is 0 Å². The van der Waals surface area contributed by atoms with Crippen LogP contribution in [0.2, 0.25) is 16.6 Å². The van der Waals surface area contributed by atoms with Gasteiger partial charge in [0.2, 0.25) is 8.32 Å². The predicted molar refractivity (Wildman–Crippen MR) is 86.4 cm³/mol. The van der Waals surface area contributed by atoms with Crippen LogP contribution in [-0.2, 0) is 9.22 Å². The summed E-state index contributed by atoms with van der Waals surface area (Å²) in [5, 5.41) is 0. The lowest BCUT2D eigenvalue weighted by Gasteiger charge is -2.44. The Bertz CT molecular complexity index is 340. The van der Waals surface area contributed by atoms with Crippen molar-refractivity contribution in [2.75, 3.05) is 0 Å². The van der Waals surface area contributed by atoms with Crippen LogP contribution in [-0.4, -0.2) is 20.2 Å². The molecule has 2 aliphatic rings. The zero-order valence-corrected chi connectivity index (χ0v) is 15.1. The molecule has 2 fully saturated rings. The molecule has 2 nitrogen and oxygen atoms in total. The van der Waals surface area contributed by atoms with Crippen LogP contribution >= 0.6 is 0 Å². The summed E-state index contributed by atoms with van der Waals surface area (Å²) in [5.74, 6) is 1.47. The molecule has 2 aliphatic carbocycles. The minimum absolute atomic E-state index is 0.332.